The minimum absolute atomic E-state index is 0. The molecule has 0 spiro atoms. The molecule has 0 radical (unpaired) electrons. The number of nitrogens with one attached hydrogen (secondary N) is 1. The molecule has 1 aromatic carbocycles. The van der Waals surface area contributed by atoms with E-state index in [0.29, 0.717) is 19.3 Å². The number of benzene rings is 1. The van der Waals surface area contributed by atoms with Gasteiger partial charge >= 0.3 is 6.18 Å². The fourth-order valence-corrected chi connectivity index (χ4v) is 3.49. The van der Waals surface area contributed by atoms with Gasteiger partial charge in [0.25, 0.3) is 0 Å². The van der Waals surface area contributed by atoms with Crippen molar-refractivity contribution in [2.45, 2.75) is 37.8 Å². The van der Waals surface area contributed by atoms with Gasteiger partial charge in [-0.05, 0) is 36.6 Å². The number of alkyl halides is 3. The molecule has 1 heterocycles. The molecule has 3 rings (SSSR count). The topological polar surface area (TPSA) is 74.6 Å². The predicted molar refractivity (Wildman–Crippen MR) is 111 cm³/mol. The van der Waals surface area contributed by atoms with Gasteiger partial charge in [-0.15, -0.1) is 24.8 Å². The Hall–Kier alpha value is -1.65. The normalized spacial score (nSPS) is 23.0. The van der Waals surface area contributed by atoms with Crippen molar-refractivity contribution in [3.8, 4) is 5.88 Å². The monoisotopic (exact) mass is 486 g/mol. The molecule has 174 valence electrons. The largest absolute Gasteiger partial charge is 0.477 e. The van der Waals surface area contributed by atoms with Crippen LogP contribution >= 0.6 is 24.8 Å². The molecule has 0 saturated heterocycles. The third-order valence-corrected chi connectivity index (χ3v) is 5.06. The van der Waals surface area contributed by atoms with Gasteiger partial charge in [-0.2, -0.15) is 13.2 Å². The first kappa shape index (κ1) is 27.4. The van der Waals surface area contributed by atoms with E-state index in [4.69, 9.17) is 4.74 Å². The standard InChI is InChI=1S/C20H22F4N2O3.2ClH/c21-15-4-1-13(2-5-15)9-25-11-19(7-16(27)17(28)8-19)12-29-18-6-3-14(10-26-18)20(22,23)24;;/h1-6,10,16-17,25,27-28H,7-9,11-12H2;2*1H/t16-,17+,19?;;. The van der Waals surface area contributed by atoms with Crippen LogP contribution in [0.15, 0.2) is 42.6 Å². The number of aliphatic hydroxyl groups excluding tert-OH is 2. The lowest BCUT2D eigenvalue weighted by Crippen LogP contribution is -2.38. The first-order valence-corrected chi connectivity index (χ1v) is 9.14. The summed E-state index contributed by atoms with van der Waals surface area (Å²) < 4.78 is 56.5. The summed E-state index contributed by atoms with van der Waals surface area (Å²) in [6.45, 7) is 0.905. The average molecular weight is 487 g/mol. The van der Waals surface area contributed by atoms with Gasteiger partial charge in [-0.25, -0.2) is 9.37 Å². The number of nitrogens with zero attached hydrogens (tertiary/aromatic N) is 1. The number of hydrogen-bond donors (Lipinski definition) is 3. The zero-order chi connectivity index (χ0) is 21.1. The number of rotatable bonds is 7. The lowest BCUT2D eigenvalue weighted by Gasteiger charge is -2.29. The second-order valence-electron chi connectivity index (χ2n) is 7.44. The summed E-state index contributed by atoms with van der Waals surface area (Å²) in [7, 11) is 0. The quantitative estimate of drug-likeness (QED) is 0.519. The molecule has 1 aliphatic rings. The second kappa shape index (κ2) is 11.3. The van der Waals surface area contributed by atoms with Gasteiger partial charge in [-0.3, -0.25) is 0 Å². The van der Waals surface area contributed by atoms with Gasteiger partial charge in [0.15, 0.2) is 0 Å². The molecule has 1 saturated carbocycles. The molecule has 2 aromatic rings. The van der Waals surface area contributed by atoms with Crippen LogP contribution in [-0.2, 0) is 12.7 Å². The van der Waals surface area contributed by atoms with Crippen molar-refractivity contribution >= 4 is 24.8 Å². The van der Waals surface area contributed by atoms with E-state index < -0.39 is 29.4 Å². The highest BCUT2D eigenvalue weighted by molar-refractivity contribution is 5.85. The second-order valence-corrected chi connectivity index (χ2v) is 7.44. The highest BCUT2D eigenvalue weighted by atomic mass is 35.5. The minimum atomic E-state index is -4.48. The zero-order valence-electron chi connectivity index (χ0n) is 16.3. The molecule has 3 N–H and O–H groups in total. The number of ether oxygens (including phenoxy) is 1. The molecule has 1 aliphatic carbocycles. The summed E-state index contributed by atoms with van der Waals surface area (Å²) in [6, 6.07) is 8.04. The highest BCUT2D eigenvalue weighted by Crippen LogP contribution is 2.39. The van der Waals surface area contributed by atoms with E-state index in [2.05, 4.69) is 10.3 Å². The Labute approximate surface area is 189 Å². The van der Waals surface area contributed by atoms with Crippen molar-refractivity contribution in [3.63, 3.8) is 0 Å². The molecule has 1 aromatic heterocycles. The molecule has 5 nitrogen and oxygen atoms in total. The van der Waals surface area contributed by atoms with Crippen LogP contribution < -0.4 is 10.1 Å². The Morgan fingerprint density at radius 3 is 2.16 bits per heavy atom. The van der Waals surface area contributed by atoms with E-state index in [1.165, 1.54) is 12.1 Å². The Morgan fingerprint density at radius 2 is 1.65 bits per heavy atom. The summed E-state index contributed by atoms with van der Waals surface area (Å²) in [6.07, 6.45) is -5.06. The maximum absolute atomic E-state index is 13.0. The first-order valence-electron chi connectivity index (χ1n) is 9.14. The predicted octanol–water partition coefficient (Wildman–Crippen LogP) is 3.75. The van der Waals surface area contributed by atoms with Gasteiger partial charge in [0, 0.05) is 30.8 Å². The fourth-order valence-electron chi connectivity index (χ4n) is 3.49. The number of halogens is 6. The van der Waals surface area contributed by atoms with Crippen LogP contribution in [0.25, 0.3) is 0 Å². The summed E-state index contributed by atoms with van der Waals surface area (Å²) in [5.74, 6) is -0.295. The van der Waals surface area contributed by atoms with Gasteiger partial charge < -0.3 is 20.3 Å². The fraction of sp³-hybridized carbons (Fsp3) is 0.450. The maximum Gasteiger partial charge on any atom is 0.417 e. The third-order valence-electron chi connectivity index (χ3n) is 5.06. The van der Waals surface area contributed by atoms with E-state index in [9.17, 15) is 27.8 Å². The van der Waals surface area contributed by atoms with Crippen LogP contribution in [0.4, 0.5) is 17.6 Å². The lowest BCUT2D eigenvalue weighted by molar-refractivity contribution is -0.137. The van der Waals surface area contributed by atoms with Crippen LogP contribution in [0.1, 0.15) is 24.0 Å². The van der Waals surface area contributed by atoms with Crippen molar-refractivity contribution in [1.29, 1.82) is 0 Å². The number of aromatic nitrogens is 1. The molecule has 31 heavy (non-hydrogen) atoms. The zero-order valence-corrected chi connectivity index (χ0v) is 17.9. The molecule has 1 unspecified atom stereocenters. The molecular formula is C20H24Cl2F4N2O3. The third kappa shape index (κ3) is 7.47. The SMILES string of the molecule is Cl.Cl.O[C@@H]1CC(CNCc2ccc(F)cc2)(COc2ccc(C(F)(F)F)cn2)C[C@@H]1O. The molecule has 11 heteroatoms. The highest BCUT2D eigenvalue weighted by Gasteiger charge is 2.44. The minimum Gasteiger partial charge on any atom is -0.477 e. The van der Waals surface area contributed by atoms with Crippen LogP contribution in [0, 0.1) is 11.2 Å². The van der Waals surface area contributed by atoms with Crippen molar-refractivity contribution in [1.82, 2.24) is 10.3 Å². The van der Waals surface area contributed by atoms with E-state index in [1.807, 2.05) is 0 Å². The van der Waals surface area contributed by atoms with Crippen molar-refractivity contribution in [2.75, 3.05) is 13.2 Å². The maximum atomic E-state index is 13.0. The Balaban J connectivity index is 0.00000240. The summed E-state index contributed by atoms with van der Waals surface area (Å²) >= 11 is 0. The number of pyridine rings is 1. The molecule has 0 bridgehead atoms. The van der Waals surface area contributed by atoms with E-state index in [1.54, 1.807) is 12.1 Å². The van der Waals surface area contributed by atoms with E-state index >= 15 is 0 Å². The molecular weight excluding hydrogens is 463 g/mol. The van der Waals surface area contributed by atoms with E-state index in [-0.39, 0.29) is 56.0 Å². The van der Waals surface area contributed by atoms with Gasteiger partial charge in [-0.1, -0.05) is 12.1 Å². The van der Waals surface area contributed by atoms with Gasteiger partial charge in [0.2, 0.25) is 5.88 Å². The number of aliphatic hydroxyl groups is 2. The summed E-state index contributed by atoms with van der Waals surface area (Å²) in [4.78, 5) is 3.69. The first-order chi connectivity index (χ1) is 13.7. The van der Waals surface area contributed by atoms with E-state index in [0.717, 1.165) is 17.7 Å². The Bertz CT molecular complexity index is 798. The van der Waals surface area contributed by atoms with Crippen LogP contribution in [-0.4, -0.2) is 40.6 Å². The molecule has 3 atom stereocenters. The summed E-state index contributed by atoms with van der Waals surface area (Å²) in [5, 5.41) is 23.2. The van der Waals surface area contributed by atoms with Gasteiger partial charge in [0.05, 0.1) is 24.4 Å². The number of hydrogen-bond acceptors (Lipinski definition) is 5. The average Bonchev–Trinajstić information content (AvgIpc) is 2.95. The van der Waals surface area contributed by atoms with Crippen molar-refractivity contribution in [3.05, 3.63) is 59.5 Å². The molecule has 1 fully saturated rings. The van der Waals surface area contributed by atoms with Crippen LogP contribution in [0.3, 0.4) is 0 Å². The Morgan fingerprint density at radius 1 is 1.03 bits per heavy atom. The lowest BCUT2D eigenvalue weighted by atomic mass is 9.86. The molecule has 0 amide bonds. The van der Waals surface area contributed by atoms with Crippen molar-refractivity contribution in [2.24, 2.45) is 5.41 Å². The van der Waals surface area contributed by atoms with Gasteiger partial charge in [0.1, 0.15) is 5.82 Å². The van der Waals surface area contributed by atoms with Crippen LogP contribution in [0.5, 0.6) is 5.88 Å². The molecule has 0 aliphatic heterocycles. The van der Waals surface area contributed by atoms with Crippen molar-refractivity contribution < 1.29 is 32.5 Å². The Kier molecular flexibility index (Phi) is 9.97. The summed E-state index contributed by atoms with van der Waals surface area (Å²) in [5.41, 5.74) is -0.623. The van der Waals surface area contributed by atoms with Crippen LogP contribution in [0.2, 0.25) is 0 Å². The smallest absolute Gasteiger partial charge is 0.417 e.